The number of hydrogen-bond donors (Lipinski definition) is 1. The highest BCUT2D eigenvalue weighted by atomic mass is 14.7. The molecule has 1 unspecified atom stereocenters. The molecular weight excluding hydrogens is 254 g/mol. The Morgan fingerprint density at radius 3 is 2.24 bits per heavy atom. The van der Waals surface area contributed by atoms with Gasteiger partial charge in [0.25, 0.3) is 0 Å². The van der Waals surface area contributed by atoms with Crippen molar-refractivity contribution in [2.45, 2.75) is 25.3 Å². The van der Waals surface area contributed by atoms with Crippen LogP contribution in [0.5, 0.6) is 0 Å². The average molecular weight is 275 g/mol. The van der Waals surface area contributed by atoms with Gasteiger partial charge in [0.15, 0.2) is 0 Å². The van der Waals surface area contributed by atoms with Gasteiger partial charge in [-0.3, -0.25) is 0 Å². The zero-order valence-electron chi connectivity index (χ0n) is 12.4. The van der Waals surface area contributed by atoms with Gasteiger partial charge in [0, 0.05) is 5.54 Å². The third-order valence-electron chi connectivity index (χ3n) is 4.37. The van der Waals surface area contributed by atoms with Crippen molar-refractivity contribution in [3.63, 3.8) is 0 Å². The second kappa shape index (κ2) is 5.71. The lowest BCUT2D eigenvalue weighted by molar-refractivity contribution is 0.426. The molecule has 3 rings (SSSR count). The van der Waals surface area contributed by atoms with Gasteiger partial charge in [0.1, 0.15) is 0 Å². The molecule has 0 amide bonds. The van der Waals surface area contributed by atoms with E-state index >= 15 is 0 Å². The molecule has 0 radical (unpaired) electrons. The zero-order chi connectivity index (χ0) is 14.7. The molecule has 1 atom stereocenters. The van der Waals surface area contributed by atoms with Crippen LogP contribution >= 0.6 is 0 Å². The summed E-state index contributed by atoms with van der Waals surface area (Å²) in [6.07, 6.45) is 1.77. The van der Waals surface area contributed by atoms with Crippen LogP contribution in [-0.4, -0.2) is 0 Å². The lowest BCUT2D eigenvalue weighted by atomic mass is 9.81. The Hall–Kier alpha value is -2.12. The molecule has 0 aliphatic rings. The van der Waals surface area contributed by atoms with E-state index in [9.17, 15) is 0 Å². The van der Waals surface area contributed by atoms with Crippen molar-refractivity contribution in [3.05, 3.63) is 83.9 Å². The first-order chi connectivity index (χ1) is 10.2. The minimum Gasteiger partial charge on any atom is -0.321 e. The largest absolute Gasteiger partial charge is 0.321 e. The average Bonchev–Trinajstić information content (AvgIpc) is 2.56. The fourth-order valence-electron chi connectivity index (χ4n) is 2.99. The van der Waals surface area contributed by atoms with Crippen LogP contribution in [0.4, 0.5) is 0 Å². The monoisotopic (exact) mass is 275 g/mol. The van der Waals surface area contributed by atoms with Gasteiger partial charge in [-0.25, -0.2) is 0 Å². The van der Waals surface area contributed by atoms with E-state index in [1.807, 2.05) is 6.07 Å². The first kappa shape index (κ1) is 13.8. The lowest BCUT2D eigenvalue weighted by Crippen LogP contribution is -2.38. The molecule has 0 aromatic heterocycles. The number of rotatable bonds is 4. The van der Waals surface area contributed by atoms with Crippen LogP contribution in [0.1, 0.15) is 24.5 Å². The summed E-state index contributed by atoms with van der Waals surface area (Å²) in [4.78, 5) is 0. The first-order valence-electron chi connectivity index (χ1n) is 7.54. The minimum atomic E-state index is -0.314. The molecule has 1 nitrogen and oxygen atoms in total. The van der Waals surface area contributed by atoms with Crippen molar-refractivity contribution >= 4 is 10.8 Å². The quantitative estimate of drug-likeness (QED) is 0.737. The van der Waals surface area contributed by atoms with Gasteiger partial charge in [0.05, 0.1) is 0 Å². The van der Waals surface area contributed by atoms with E-state index in [4.69, 9.17) is 5.73 Å². The predicted octanol–water partition coefficient (Wildman–Crippen LogP) is 4.65. The summed E-state index contributed by atoms with van der Waals surface area (Å²) in [6, 6.07) is 25.4. The van der Waals surface area contributed by atoms with E-state index in [1.54, 1.807) is 0 Å². The van der Waals surface area contributed by atoms with E-state index in [0.717, 1.165) is 12.8 Å². The van der Waals surface area contributed by atoms with Crippen LogP contribution < -0.4 is 5.73 Å². The summed E-state index contributed by atoms with van der Waals surface area (Å²) in [6.45, 7) is 2.16. The maximum Gasteiger partial charge on any atom is 0.0448 e. The molecule has 0 fully saturated rings. The molecule has 0 aliphatic heterocycles. The highest BCUT2D eigenvalue weighted by Crippen LogP contribution is 2.29. The van der Waals surface area contributed by atoms with Gasteiger partial charge in [-0.15, -0.1) is 0 Å². The number of hydrogen-bond acceptors (Lipinski definition) is 1. The van der Waals surface area contributed by atoms with Crippen molar-refractivity contribution < 1.29 is 0 Å². The smallest absolute Gasteiger partial charge is 0.0448 e. The van der Waals surface area contributed by atoms with Crippen molar-refractivity contribution in [1.29, 1.82) is 0 Å². The number of nitrogens with two attached hydrogens (primary N) is 1. The standard InChI is InChI=1S/C20H21N/c1-2-20(21,18-12-4-3-5-13-18)15-17-11-8-10-16-9-6-7-14-19(16)17/h3-14H,2,15,21H2,1H3. The molecule has 2 N–H and O–H groups in total. The Kier molecular flexibility index (Phi) is 3.76. The summed E-state index contributed by atoms with van der Waals surface area (Å²) in [5, 5.41) is 2.58. The Morgan fingerprint density at radius 1 is 0.810 bits per heavy atom. The van der Waals surface area contributed by atoms with Crippen LogP contribution in [0, 0.1) is 0 Å². The molecule has 21 heavy (non-hydrogen) atoms. The highest BCUT2D eigenvalue weighted by molar-refractivity contribution is 5.85. The molecule has 1 heteroatoms. The molecular formula is C20H21N. The zero-order valence-corrected chi connectivity index (χ0v) is 12.4. The van der Waals surface area contributed by atoms with Gasteiger partial charge in [-0.05, 0) is 34.7 Å². The van der Waals surface area contributed by atoms with E-state index in [-0.39, 0.29) is 5.54 Å². The molecule has 0 bridgehead atoms. The Balaban J connectivity index is 2.04. The maximum atomic E-state index is 6.74. The third kappa shape index (κ3) is 2.70. The molecule has 0 spiro atoms. The highest BCUT2D eigenvalue weighted by Gasteiger charge is 2.25. The van der Waals surface area contributed by atoms with Gasteiger partial charge in [-0.1, -0.05) is 79.7 Å². The van der Waals surface area contributed by atoms with Crippen LogP contribution in [0.2, 0.25) is 0 Å². The topological polar surface area (TPSA) is 26.0 Å². The normalized spacial score (nSPS) is 14.0. The van der Waals surface area contributed by atoms with Gasteiger partial charge in [-0.2, -0.15) is 0 Å². The van der Waals surface area contributed by atoms with Crippen molar-refractivity contribution in [1.82, 2.24) is 0 Å². The third-order valence-corrected chi connectivity index (χ3v) is 4.37. The molecule has 3 aromatic carbocycles. The molecule has 106 valence electrons. The fourth-order valence-corrected chi connectivity index (χ4v) is 2.99. The predicted molar refractivity (Wildman–Crippen MR) is 90.3 cm³/mol. The Morgan fingerprint density at radius 2 is 1.48 bits per heavy atom. The SMILES string of the molecule is CCC(N)(Cc1cccc2ccccc12)c1ccccc1. The van der Waals surface area contributed by atoms with Gasteiger partial charge >= 0.3 is 0 Å². The molecule has 3 aromatic rings. The maximum absolute atomic E-state index is 6.74. The van der Waals surface area contributed by atoms with Crippen LogP contribution in [-0.2, 0) is 12.0 Å². The lowest BCUT2D eigenvalue weighted by Gasteiger charge is -2.29. The van der Waals surface area contributed by atoms with Crippen LogP contribution in [0.3, 0.4) is 0 Å². The number of fused-ring (bicyclic) bond motifs is 1. The molecule has 0 heterocycles. The van der Waals surface area contributed by atoms with Crippen LogP contribution in [0.15, 0.2) is 72.8 Å². The Bertz CT molecular complexity index is 728. The van der Waals surface area contributed by atoms with E-state index in [1.165, 1.54) is 21.9 Å². The summed E-state index contributed by atoms with van der Waals surface area (Å²) in [5.41, 5.74) is 8.96. The van der Waals surface area contributed by atoms with Crippen molar-refractivity contribution in [2.75, 3.05) is 0 Å². The summed E-state index contributed by atoms with van der Waals surface area (Å²) in [7, 11) is 0. The Labute approximate surface area is 126 Å². The summed E-state index contributed by atoms with van der Waals surface area (Å²) >= 11 is 0. The van der Waals surface area contributed by atoms with Gasteiger partial charge in [0.2, 0.25) is 0 Å². The second-order valence-electron chi connectivity index (χ2n) is 5.69. The van der Waals surface area contributed by atoms with Crippen molar-refractivity contribution in [2.24, 2.45) is 5.73 Å². The number of benzene rings is 3. The molecule has 0 aliphatic carbocycles. The van der Waals surface area contributed by atoms with E-state index in [2.05, 4.69) is 73.7 Å². The minimum absolute atomic E-state index is 0.314. The van der Waals surface area contributed by atoms with E-state index < -0.39 is 0 Å². The molecule has 0 saturated heterocycles. The molecule has 0 saturated carbocycles. The second-order valence-corrected chi connectivity index (χ2v) is 5.69. The van der Waals surface area contributed by atoms with Gasteiger partial charge < -0.3 is 5.73 Å². The first-order valence-corrected chi connectivity index (χ1v) is 7.54. The van der Waals surface area contributed by atoms with E-state index in [0.29, 0.717) is 0 Å². The summed E-state index contributed by atoms with van der Waals surface area (Å²) in [5.74, 6) is 0. The van der Waals surface area contributed by atoms with Crippen molar-refractivity contribution in [3.8, 4) is 0 Å². The summed E-state index contributed by atoms with van der Waals surface area (Å²) < 4.78 is 0. The fraction of sp³-hybridized carbons (Fsp3) is 0.200. The van der Waals surface area contributed by atoms with Crippen LogP contribution in [0.25, 0.3) is 10.8 Å².